The highest BCUT2D eigenvalue weighted by atomic mass is 16.2. The van der Waals surface area contributed by atoms with Crippen LogP contribution in [0.5, 0.6) is 0 Å². The highest BCUT2D eigenvalue weighted by Gasteiger charge is 2.32. The number of nitrogens with zero attached hydrogens (tertiary/aromatic N) is 1. The molecule has 2 aliphatic rings. The van der Waals surface area contributed by atoms with Gasteiger partial charge >= 0.3 is 0 Å². The highest BCUT2D eigenvalue weighted by Crippen LogP contribution is 2.38. The van der Waals surface area contributed by atoms with Crippen molar-refractivity contribution in [3.05, 3.63) is 35.6 Å². The Morgan fingerprint density at radius 3 is 2.48 bits per heavy atom. The van der Waals surface area contributed by atoms with E-state index >= 15 is 0 Å². The number of aliphatic imine (C=N–C) groups is 1. The van der Waals surface area contributed by atoms with Crippen LogP contribution in [0.4, 0.5) is 0 Å². The molecular formula is C19H26N2O2. The summed E-state index contributed by atoms with van der Waals surface area (Å²) in [6.45, 7) is 10.3. The summed E-state index contributed by atoms with van der Waals surface area (Å²) in [4.78, 5) is 28.3. The maximum atomic E-state index is 12.2. The number of hydrogen-bond donors (Lipinski definition) is 1. The van der Waals surface area contributed by atoms with Crippen molar-refractivity contribution in [3.63, 3.8) is 0 Å². The van der Waals surface area contributed by atoms with Crippen LogP contribution in [-0.4, -0.2) is 17.5 Å². The number of carbonyl (C=O) groups excluding carboxylic acids is 2. The third kappa shape index (κ3) is 3.87. The van der Waals surface area contributed by atoms with Gasteiger partial charge in [-0.05, 0) is 36.0 Å². The SMILES string of the molecule is CCC(CC)C(=O)N=C1C=CC2C(=C1)NC(=O)C=C2C(C)(C)C. The minimum Gasteiger partial charge on any atom is -0.325 e. The maximum absolute atomic E-state index is 12.2. The zero-order valence-electron chi connectivity index (χ0n) is 14.6. The van der Waals surface area contributed by atoms with E-state index in [1.807, 2.05) is 32.1 Å². The van der Waals surface area contributed by atoms with E-state index in [2.05, 4.69) is 31.1 Å². The van der Waals surface area contributed by atoms with E-state index in [4.69, 9.17) is 0 Å². The summed E-state index contributed by atoms with van der Waals surface area (Å²) in [6, 6.07) is 0. The second-order valence-electron chi connectivity index (χ2n) is 7.16. The van der Waals surface area contributed by atoms with Crippen LogP contribution >= 0.6 is 0 Å². The standard InChI is InChI=1S/C19H26N2O2/c1-6-12(7-2)18(23)20-13-8-9-14-15(19(3,4)5)11-17(22)21-16(14)10-13/h8-12,14H,6-7H2,1-5H3,(H,21,22). The normalized spacial score (nSPS) is 22.6. The van der Waals surface area contributed by atoms with Gasteiger partial charge in [-0.1, -0.05) is 40.7 Å². The molecule has 23 heavy (non-hydrogen) atoms. The summed E-state index contributed by atoms with van der Waals surface area (Å²) in [7, 11) is 0. The van der Waals surface area contributed by atoms with Crippen molar-refractivity contribution in [2.75, 3.05) is 0 Å². The van der Waals surface area contributed by atoms with E-state index in [1.54, 1.807) is 6.08 Å². The lowest BCUT2D eigenvalue weighted by atomic mass is 9.74. The molecule has 1 atom stereocenters. The van der Waals surface area contributed by atoms with Gasteiger partial charge in [-0.3, -0.25) is 9.59 Å². The molecule has 0 saturated carbocycles. The largest absolute Gasteiger partial charge is 0.325 e. The van der Waals surface area contributed by atoms with Gasteiger partial charge in [0.1, 0.15) is 0 Å². The molecule has 1 unspecified atom stereocenters. The first-order valence-electron chi connectivity index (χ1n) is 8.31. The molecule has 1 aliphatic carbocycles. The van der Waals surface area contributed by atoms with Crippen molar-refractivity contribution in [2.24, 2.45) is 22.2 Å². The van der Waals surface area contributed by atoms with Gasteiger partial charge in [0.2, 0.25) is 11.8 Å². The zero-order chi connectivity index (χ0) is 17.2. The van der Waals surface area contributed by atoms with Crippen molar-refractivity contribution in [2.45, 2.75) is 47.5 Å². The van der Waals surface area contributed by atoms with E-state index in [1.165, 1.54) is 0 Å². The van der Waals surface area contributed by atoms with E-state index in [0.29, 0.717) is 5.71 Å². The van der Waals surface area contributed by atoms with Gasteiger partial charge in [-0.2, -0.15) is 0 Å². The van der Waals surface area contributed by atoms with Crippen molar-refractivity contribution < 1.29 is 9.59 Å². The average Bonchev–Trinajstić information content (AvgIpc) is 2.46. The summed E-state index contributed by atoms with van der Waals surface area (Å²) < 4.78 is 0. The fourth-order valence-electron chi connectivity index (χ4n) is 3.00. The Labute approximate surface area is 138 Å². The van der Waals surface area contributed by atoms with Gasteiger partial charge < -0.3 is 5.32 Å². The number of nitrogens with one attached hydrogen (secondary N) is 1. The smallest absolute Gasteiger partial charge is 0.249 e. The lowest BCUT2D eigenvalue weighted by Gasteiger charge is -2.34. The van der Waals surface area contributed by atoms with Crippen LogP contribution in [0, 0.1) is 17.3 Å². The van der Waals surface area contributed by atoms with Crippen LogP contribution in [0.1, 0.15) is 47.5 Å². The highest BCUT2D eigenvalue weighted by molar-refractivity contribution is 6.11. The lowest BCUT2D eigenvalue weighted by molar-refractivity contribution is -0.121. The quantitative estimate of drug-likeness (QED) is 0.866. The fourth-order valence-corrected chi connectivity index (χ4v) is 3.00. The second kappa shape index (κ2) is 6.65. The molecule has 2 rings (SSSR count). The van der Waals surface area contributed by atoms with Crippen LogP contribution < -0.4 is 5.32 Å². The van der Waals surface area contributed by atoms with E-state index in [-0.39, 0.29) is 29.1 Å². The molecule has 0 radical (unpaired) electrons. The van der Waals surface area contributed by atoms with Crippen molar-refractivity contribution in [1.29, 1.82) is 0 Å². The number of rotatable bonds is 3. The van der Waals surface area contributed by atoms with Gasteiger partial charge in [-0.15, -0.1) is 0 Å². The first kappa shape index (κ1) is 17.4. The van der Waals surface area contributed by atoms with Crippen molar-refractivity contribution in [1.82, 2.24) is 5.32 Å². The Balaban J connectivity index is 2.30. The molecule has 0 bridgehead atoms. The molecule has 1 N–H and O–H groups in total. The number of hydrogen-bond acceptors (Lipinski definition) is 2. The molecular weight excluding hydrogens is 288 g/mol. The number of amides is 2. The predicted molar refractivity (Wildman–Crippen MR) is 92.9 cm³/mol. The van der Waals surface area contributed by atoms with E-state index < -0.39 is 0 Å². The summed E-state index contributed by atoms with van der Waals surface area (Å²) in [6.07, 6.45) is 8.99. The topological polar surface area (TPSA) is 58.5 Å². The summed E-state index contributed by atoms with van der Waals surface area (Å²) in [5.74, 6) is -0.176. The summed E-state index contributed by atoms with van der Waals surface area (Å²) >= 11 is 0. The summed E-state index contributed by atoms with van der Waals surface area (Å²) in [5, 5.41) is 2.88. The van der Waals surface area contributed by atoms with Gasteiger partial charge in [0.25, 0.3) is 0 Å². The van der Waals surface area contributed by atoms with Crippen molar-refractivity contribution in [3.8, 4) is 0 Å². The Bertz CT molecular complexity index is 626. The van der Waals surface area contributed by atoms with Gasteiger partial charge in [0, 0.05) is 23.6 Å². The molecule has 4 heteroatoms. The third-order valence-corrected chi connectivity index (χ3v) is 4.43. The maximum Gasteiger partial charge on any atom is 0.249 e. The summed E-state index contributed by atoms with van der Waals surface area (Å²) in [5.41, 5.74) is 2.41. The van der Waals surface area contributed by atoms with Crippen LogP contribution in [0.3, 0.4) is 0 Å². The predicted octanol–water partition coefficient (Wildman–Crippen LogP) is 3.56. The van der Waals surface area contributed by atoms with E-state index in [0.717, 1.165) is 24.1 Å². The van der Waals surface area contributed by atoms with Crippen LogP contribution in [0.25, 0.3) is 0 Å². The minimum absolute atomic E-state index is 0.0296. The van der Waals surface area contributed by atoms with Gasteiger partial charge in [0.05, 0.1) is 5.71 Å². The first-order chi connectivity index (χ1) is 10.8. The molecule has 0 spiro atoms. The zero-order valence-corrected chi connectivity index (χ0v) is 14.6. The molecule has 0 aromatic carbocycles. The first-order valence-corrected chi connectivity index (χ1v) is 8.31. The molecule has 1 heterocycles. The fraction of sp³-hybridized carbons (Fsp3) is 0.526. The molecule has 4 nitrogen and oxygen atoms in total. The van der Waals surface area contributed by atoms with Crippen LogP contribution in [0.2, 0.25) is 0 Å². The Kier molecular flexibility index (Phi) is 5.03. The number of carbonyl (C=O) groups is 2. The third-order valence-electron chi connectivity index (χ3n) is 4.43. The van der Waals surface area contributed by atoms with Crippen molar-refractivity contribution >= 4 is 17.5 Å². The molecule has 0 fully saturated rings. The molecule has 124 valence electrons. The Morgan fingerprint density at radius 1 is 1.26 bits per heavy atom. The van der Waals surface area contributed by atoms with E-state index in [9.17, 15) is 9.59 Å². The van der Waals surface area contributed by atoms with Gasteiger partial charge in [0.15, 0.2) is 0 Å². The number of fused-ring (bicyclic) bond motifs is 1. The average molecular weight is 314 g/mol. The Hall–Kier alpha value is -1.97. The minimum atomic E-state index is -0.113. The Morgan fingerprint density at radius 2 is 1.91 bits per heavy atom. The van der Waals surface area contributed by atoms with Crippen LogP contribution in [0.15, 0.2) is 40.6 Å². The van der Waals surface area contributed by atoms with Gasteiger partial charge in [-0.25, -0.2) is 4.99 Å². The molecule has 1 aliphatic heterocycles. The number of allylic oxidation sites excluding steroid dienone is 3. The lowest BCUT2D eigenvalue weighted by Crippen LogP contribution is -2.36. The van der Waals surface area contributed by atoms with Crippen LogP contribution in [-0.2, 0) is 9.59 Å². The molecule has 0 aromatic rings. The second-order valence-corrected chi connectivity index (χ2v) is 7.16. The monoisotopic (exact) mass is 314 g/mol. The molecule has 0 aromatic heterocycles. The molecule has 0 saturated heterocycles. The molecule has 2 amide bonds.